The number of aromatic nitrogens is 3. The van der Waals surface area contributed by atoms with Crippen molar-refractivity contribution in [1.29, 1.82) is 0 Å². The Bertz CT molecular complexity index is 1230. The molecule has 178 valence electrons. The fourth-order valence-electron chi connectivity index (χ4n) is 3.51. The van der Waals surface area contributed by atoms with Crippen LogP contribution in [0.25, 0.3) is 11.4 Å². The quantitative estimate of drug-likeness (QED) is 0.432. The van der Waals surface area contributed by atoms with Crippen LogP contribution in [0.2, 0.25) is 0 Å². The van der Waals surface area contributed by atoms with Crippen molar-refractivity contribution < 1.29 is 27.7 Å². The third kappa shape index (κ3) is 4.65. The summed E-state index contributed by atoms with van der Waals surface area (Å²) >= 11 is 1.47. The SMILES string of the molecule is COc1ccc(OC)c(-c2nnc3n2N=C(c2ccc(OC(F)F)c(OCC4CC4)c2)CS3)c1. The molecule has 8 nitrogen and oxygen atoms in total. The summed E-state index contributed by atoms with van der Waals surface area (Å²) in [5, 5.41) is 14.0. The molecule has 2 heterocycles. The minimum absolute atomic E-state index is 0.00950. The van der Waals surface area contributed by atoms with E-state index in [0.29, 0.717) is 46.3 Å². The summed E-state index contributed by atoms with van der Waals surface area (Å²) in [5.74, 6) is 3.03. The Labute approximate surface area is 198 Å². The number of thioether (sulfide) groups is 1. The molecule has 2 aliphatic rings. The summed E-state index contributed by atoms with van der Waals surface area (Å²) in [5.41, 5.74) is 2.14. The van der Waals surface area contributed by atoms with Crippen LogP contribution in [0.5, 0.6) is 23.0 Å². The normalized spacial score (nSPS) is 15.0. The van der Waals surface area contributed by atoms with Gasteiger partial charge in [0.15, 0.2) is 17.3 Å². The Kier molecular flexibility index (Phi) is 6.27. The molecule has 0 amide bonds. The van der Waals surface area contributed by atoms with Crippen LogP contribution in [-0.2, 0) is 0 Å². The average molecular weight is 489 g/mol. The molecule has 3 aromatic rings. The molecule has 2 aromatic carbocycles. The summed E-state index contributed by atoms with van der Waals surface area (Å²) in [6, 6.07) is 10.3. The minimum Gasteiger partial charge on any atom is -0.497 e. The molecule has 0 spiro atoms. The predicted octanol–water partition coefficient (Wildman–Crippen LogP) is 4.71. The molecule has 1 aromatic heterocycles. The van der Waals surface area contributed by atoms with Gasteiger partial charge in [-0.05, 0) is 55.2 Å². The van der Waals surface area contributed by atoms with Crippen molar-refractivity contribution in [2.24, 2.45) is 11.0 Å². The minimum atomic E-state index is -2.93. The first-order valence-corrected chi connectivity index (χ1v) is 11.6. The maximum Gasteiger partial charge on any atom is 0.387 e. The standard InChI is InChI=1S/C23H22F2N4O4S/c1-30-15-6-8-18(31-2)16(10-15)21-26-27-23-29(21)28-17(12-34-23)14-5-7-19(33-22(24)25)20(9-14)32-11-13-3-4-13/h5-10,13,22H,3-4,11-12H2,1-2H3. The van der Waals surface area contributed by atoms with Crippen LogP contribution in [0.4, 0.5) is 8.78 Å². The van der Waals surface area contributed by atoms with Gasteiger partial charge in [0.2, 0.25) is 5.16 Å². The fraction of sp³-hybridized carbons (Fsp3) is 0.348. The highest BCUT2D eigenvalue weighted by Crippen LogP contribution is 2.37. The number of methoxy groups -OCH3 is 2. The molecule has 11 heteroatoms. The highest BCUT2D eigenvalue weighted by molar-refractivity contribution is 7.99. The second-order valence-corrected chi connectivity index (χ2v) is 8.76. The Morgan fingerprint density at radius 3 is 2.59 bits per heavy atom. The lowest BCUT2D eigenvalue weighted by atomic mass is 10.1. The summed E-state index contributed by atoms with van der Waals surface area (Å²) in [6.07, 6.45) is 2.17. The lowest BCUT2D eigenvalue weighted by molar-refractivity contribution is -0.0515. The molecule has 0 saturated heterocycles. The Morgan fingerprint density at radius 2 is 1.85 bits per heavy atom. The van der Waals surface area contributed by atoms with E-state index in [4.69, 9.17) is 19.3 Å². The van der Waals surface area contributed by atoms with Gasteiger partial charge in [-0.2, -0.15) is 18.6 Å². The fourth-order valence-corrected chi connectivity index (χ4v) is 4.35. The monoisotopic (exact) mass is 488 g/mol. The third-order valence-corrected chi connectivity index (χ3v) is 6.41. The summed E-state index contributed by atoms with van der Waals surface area (Å²) in [4.78, 5) is 0. The molecule has 0 unspecified atom stereocenters. The predicted molar refractivity (Wildman–Crippen MR) is 123 cm³/mol. The van der Waals surface area contributed by atoms with Crippen LogP contribution in [0.15, 0.2) is 46.7 Å². The number of hydrogen-bond acceptors (Lipinski definition) is 8. The number of hydrogen-bond donors (Lipinski definition) is 0. The van der Waals surface area contributed by atoms with Crippen LogP contribution in [0.3, 0.4) is 0 Å². The maximum atomic E-state index is 12.9. The second kappa shape index (κ2) is 9.49. The van der Waals surface area contributed by atoms with Gasteiger partial charge in [0.1, 0.15) is 11.5 Å². The lowest BCUT2D eigenvalue weighted by Crippen LogP contribution is -2.14. The largest absolute Gasteiger partial charge is 0.497 e. The molecule has 0 bridgehead atoms. The first kappa shape index (κ1) is 22.5. The van der Waals surface area contributed by atoms with E-state index in [1.165, 1.54) is 17.8 Å². The van der Waals surface area contributed by atoms with Gasteiger partial charge in [-0.15, -0.1) is 10.2 Å². The van der Waals surface area contributed by atoms with Crippen molar-refractivity contribution in [1.82, 2.24) is 14.9 Å². The third-order valence-electron chi connectivity index (χ3n) is 5.48. The van der Waals surface area contributed by atoms with Crippen molar-refractivity contribution in [2.45, 2.75) is 24.6 Å². The molecule has 1 aliphatic heterocycles. The van der Waals surface area contributed by atoms with Gasteiger partial charge in [-0.3, -0.25) is 0 Å². The summed E-state index contributed by atoms with van der Waals surface area (Å²) < 4.78 is 48.7. The zero-order valence-corrected chi connectivity index (χ0v) is 19.3. The van der Waals surface area contributed by atoms with Crippen LogP contribution < -0.4 is 18.9 Å². The molecule has 0 radical (unpaired) electrons. The van der Waals surface area contributed by atoms with E-state index in [0.717, 1.165) is 24.1 Å². The zero-order valence-electron chi connectivity index (χ0n) is 18.5. The Balaban J connectivity index is 1.51. The molecule has 5 rings (SSSR count). The molecular weight excluding hydrogens is 466 g/mol. The van der Waals surface area contributed by atoms with Crippen LogP contribution in [0.1, 0.15) is 18.4 Å². The molecule has 0 atom stereocenters. The topological polar surface area (TPSA) is 80.0 Å². The number of ether oxygens (including phenoxy) is 4. The van der Waals surface area contributed by atoms with Crippen molar-refractivity contribution in [3.8, 4) is 34.4 Å². The van der Waals surface area contributed by atoms with E-state index in [9.17, 15) is 8.78 Å². The van der Waals surface area contributed by atoms with E-state index in [1.54, 1.807) is 43.2 Å². The van der Waals surface area contributed by atoms with E-state index in [-0.39, 0.29) is 11.5 Å². The number of fused-ring (bicyclic) bond motifs is 1. The summed E-state index contributed by atoms with van der Waals surface area (Å²) in [6.45, 7) is -2.46. The zero-order chi connectivity index (χ0) is 23.7. The first-order chi connectivity index (χ1) is 16.6. The maximum absolute atomic E-state index is 12.9. The number of rotatable bonds is 9. The van der Waals surface area contributed by atoms with Gasteiger partial charge in [-0.1, -0.05) is 11.8 Å². The van der Waals surface area contributed by atoms with Crippen LogP contribution in [-0.4, -0.2) is 53.8 Å². The second-order valence-electron chi connectivity index (χ2n) is 7.81. The van der Waals surface area contributed by atoms with E-state index in [1.807, 2.05) is 6.07 Å². The Morgan fingerprint density at radius 1 is 1.03 bits per heavy atom. The molecule has 34 heavy (non-hydrogen) atoms. The first-order valence-electron chi connectivity index (χ1n) is 10.7. The summed E-state index contributed by atoms with van der Waals surface area (Å²) in [7, 11) is 3.16. The number of alkyl halides is 2. The van der Waals surface area contributed by atoms with Gasteiger partial charge in [0.25, 0.3) is 0 Å². The van der Waals surface area contributed by atoms with Gasteiger partial charge >= 0.3 is 6.61 Å². The number of halogens is 2. The van der Waals surface area contributed by atoms with Crippen molar-refractivity contribution in [3.63, 3.8) is 0 Å². The average Bonchev–Trinajstić information content (AvgIpc) is 3.59. The van der Waals surface area contributed by atoms with Crippen molar-refractivity contribution >= 4 is 17.5 Å². The van der Waals surface area contributed by atoms with E-state index in [2.05, 4.69) is 14.9 Å². The van der Waals surface area contributed by atoms with Crippen LogP contribution in [0, 0.1) is 5.92 Å². The highest BCUT2D eigenvalue weighted by atomic mass is 32.2. The van der Waals surface area contributed by atoms with Gasteiger partial charge in [0.05, 0.1) is 32.1 Å². The van der Waals surface area contributed by atoms with Gasteiger partial charge < -0.3 is 18.9 Å². The highest BCUT2D eigenvalue weighted by Gasteiger charge is 2.25. The molecule has 1 aliphatic carbocycles. The number of benzene rings is 2. The molecule has 1 fully saturated rings. The van der Waals surface area contributed by atoms with Gasteiger partial charge in [-0.25, -0.2) is 0 Å². The lowest BCUT2D eigenvalue weighted by Gasteiger charge is -2.17. The van der Waals surface area contributed by atoms with Crippen molar-refractivity contribution in [2.75, 3.05) is 26.6 Å². The molecule has 0 N–H and O–H groups in total. The molecule has 1 saturated carbocycles. The van der Waals surface area contributed by atoms with E-state index < -0.39 is 6.61 Å². The Hall–Kier alpha value is -3.34. The molecular formula is C23H22F2N4O4S. The van der Waals surface area contributed by atoms with Gasteiger partial charge in [0, 0.05) is 11.3 Å². The number of nitrogens with zero attached hydrogens (tertiary/aromatic N) is 4. The van der Waals surface area contributed by atoms with Crippen molar-refractivity contribution in [3.05, 3.63) is 42.0 Å². The van der Waals surface area contributed by atoms with E-state index >= 15 is 0 Å². The smallest absolute Gasteiger partial charge is 0.387 e. The van der Waals surface area contributed by atoms with Crippen LogP contribution >= 0.6 is 11.8 Å².